The summed E-state index contributed by atoms with van der Waals surface area (Å²) >= 11 is 6.01. The third-order valence-electron chi connectivity index (χ3n) is 5.04. The Morgan fingerprint density at radius 2 is 1.67 bits per heavy atom. The van der Waals surface area contributed by atoms with Crippen molar-refractivity contribution >= 4 is 34.7 Å². The summed E-state index contributed by atoms with van der Waals surface area (Å²) in [6, 6.07) is 18.2. The number of amides is 2. The number of carbonyl (C=O) groups excluding carboxylic acids is 2. The Bertz CT molecular complexity index is 1100. The average Bonchev–Trinajstić information content (AvgIpc) is 3.32. The maximum Gasteiger partial charge on any atom is 0.278 e. The summed E-state index contributed by atoms with van der Waals surface area (Å²) in [6.07, 6.45) is 1.52. The van der Waals surface area contributed by atoms with Gasteiger partial charge in [-0.15, -0.1) is 0 Å². The lowest BCUT2D eigenvalue weighted by molar-refractivity contribution is -0.137. The fourth-order valence-corrected chi connectivity index (χ4v) is 3.50. The highest BCUT2D eigenvalue weighted by Crippen LogP contribution is 2.32. The molecule has 1 N–H and O–H groups in total. The zero-order chi connectivity index (χ0) is 21.3. The van der Waals surface area contributed by atoms with Gasteiger partial charge in [0.05, 0.1) is 18.4 Å². The van der Waals surface area contributed by atoms with Crippen LogP contribution in [0.3, 0.4) is 0 Å². The van der Waals surface area contributed by atoms with Crippen LogP contribution in [0.1, 0.15) is 36.7 Å². The number of halogens is 1. The molecular weight excluding hydrogens is 400 g/mol. The van der Waals surface area contributed by atoms with E-state index in [0.29, 0.717) is 27.8 Å². The average molecular weight is 421 g/mol. The molecule has 2 amide bonds. The number of imide groups is 1. The van der Waals surface area contributed by atoms with Crippen LogP contribution in [0.15, 0.2) is 77.0 Å². The van der Waals surface area contributed by atoms with Crippen molar-refractivity contribution in [2.75, 3.05) is 5.32 Å². The van der Waals surface area contributed by atoms with Crippen molar-refractivity contribution in [2.24, 2.45) is 0 Å². The summed E-state index contributed by atoms with van der Waals surface area (Å²) in [5.41, 5.74) is 3.12. The molecule has 4 rings (SSSR count). The molecule has 0 saturated carbocycles. The first-order valence-corrected chi connectivity index (χ1v) is 10.1. The van der Waals surface area contributed by atoms with Crippen LogP contribution in [0.5, 0.6) is 0 Å². The molecule has 2 heterocycles. The van der Waals surface area contributed by atoms with Crippen LogP contribution in [-0.2, 0) is 16.1 Å². The molecule has 152 valence electrons. The van der Waals surface area contributed by atoms with Crippen LogP contribution < -0.4 is 5.32 Å². The number of nitrogens with zero attached hydrogens (tertiary/aromatic N) is 1. The zero-order valence-electron chi connectivity index (χ0n) is 16.7. The van der Waals surface area contributed by atoms with Crippen LogP contribution >= 0.6 is 11.6 Å². The van der Waals surface area contributed by atoms with E-state index in [1.54, 1.807) is 36.4 Å². The normalized spacial score (nSPS) is 14.2. The third-order valence-corrected chi connectivity index (χ3v) is 5.29. The van der Waals surface area contributed by atoms with Gasteiger partial charge in [0.15, 0.2) is 0 Å². The number of nitrogens with one attached hydrogen (secondary N) is 1. The summed E-state index contributed by atoms with van der Waals surface area (Å²) in [7, 11) is 0. The Hall–Kier alpha value is -3.31. The van der Waals surface area contributed by atoms with Crippen molar-refractivity contribution in [3.05, 3.63) is 94.5 Å². The molecule has 0 spiro atoms. The first-order valence-electron chi connectivity index (χ1n) is 9.70. The second-order valence-electron chi connectivity index (χ2n) is 7.43. The van der Waals surface area contributed by atoms with Crippen LogP contribution in [0.25, 0.3) is 5.57 Å². The Balaban J connectivity index is 1.71. The van der Waals surface area contributed by atoms with E-state index in [9.17, 15) is 9.59 Å². The third kappa shape index (κ3) is 3.89. The number of hydrogen-bond donors (Lipinski definition) is 1. The lowest BCUT2D eigenvalue weighted by Crippen LogP contribution is -2.31. The van der Waals surface area contributed by atoms with Gasteiger partial charge in [-0.25, -0.2) is 0 Å². The topological polar surface area (TPSA) is 62.6 Å². The van der Waals surface area contributed by atoms with E-state index in [2.05, 4.69) is 19.2 Å². The number of rotatable bonds is 6. The smallest absolute Gasteiger partial charge is 0.278 e. The lowest BCUT2D eigenvalue weighted by atomic mass is 10.0. The van der Waals surface area contributed by atoms with Crippen molar-refractivity contribution in [1.82, 2.24) is 4.90 Å². The fraction of sp³-hybridized carbons (Fsp3) is 0.167. The predicted octanol–water partition coefficient (Wildman–Crippen LogP) is 5.45. The summed E-state index contributed by atoms with van der Waals surface area (Å²) in [5.74, 6) is 0.172. The highest BCUT2D eigenvalue weighted by atomic mass is 35.5. The summed E-state index contributed by atoms with van der Waals surface area (Å²) in [4.78, 5) is 27.6. The van der Waals surface area contributed by atoms with Crippen molar-refractivity contribution in [1.29, 1.82) is 0 Å². The molecular formula is C24H21ClN2O3. The SMILES string of the molecule is CC(C)c1ccc(NC2=C(c3ccc(Cl)cc3)C(=O)N(Cc3ccco3)C2=O)cc1. The molecule has 0 radical (unpaired) electrons. The minimum atomic E-state index is -0.394. The molecule has 2 aromatic carbocycles. The van der Waals surface area contributed by atoms with Crippen LogP contribution in [0.4, 0.5) is 5.69 Å². The molecule has 0 aliphatic carbocycles. The highest BCUT2D eigenvalue weighted by Gasteiger charge is 2.39. The second kappa shape index (κ2) is 8.20. The minimum Gasteiger partial charge on any atom is -0.467 e. The summed E-state index contributed by atoms with van der Waals surface area (Å²) < 4.78 is 5.34. The van der Waals surface area contributed by atoms with Crippen molar-refractivity contribution < 1.29 is 14.0 Å². The van der Waals surface area contributed by atoms with Gasteiger partial charge in [-0.2, -0.15) is 0 Å². The molecule has 0 saturated heterocycles. The maximum atomic E-state index is 13.2. The van der Waals surface area contributed by atoms with Gasteiger partial charge in [-0.3, -0.25) is 14.5 Å². The Labute approximate surface area is 180 Å². The number of hydrogen-bond acceptors (Lipinski definition) is 4. The van der Waals surface area contributed by atoms with Crippen molar-refractivity contribution in [2.45, 2.75) is 26.3 Å². The van der Waals surface area contributed by atoms with Crippen LogP contribution in [-0.4, -0.2) is 16.7 Å². The molecule has 0 fully saturated rings. The second-order valence-corrected chi connectivity index (χ2v) is 7.87. The number of benzene rings is 2. The van der Waals surface area contributed by atoms with Crippen LogP contribution in [0.2, 0.25) is 5.02 Å². The van der Waals surface area contributed by atoms with Gasteiger partial charge in [-0.1, -0.05) is 49.7 Å². The molecule has 1 aliphatic heterocycles. The number of furan rings is 1. The first-order chi connectivity index (χ1) is 14.4. The van der Waals surface area contributed by atoms with Crippen LogP contribution in [0, 0.1) is 0 Å². The van der Waals surface area contributed by atoms with Gasteiger partial charge in [0, 0.05) is 10.7 Å². The number of carbonyl (C=O) groups is 2. The number of anilines is 1. The monoisotopic (exact) mass is 420 g/mol. The van der Waals surface area contributed by atoms with Gasteiger partial charge < -0.3 is 9.73 Å². The summed E-state index contributed by atoms with van der Waals surface area (Å²) in [6.45, 7) is 4.31. The molecule has 3 aromatic rings. The Morgan fingerprint density at radius 3 is 2.27 bits per heavy atom. The van der Waals surface area contributed by atoms with Gasteiger partial charge in [0.25, 0.3) is 11.8 Å². The van der Waals surface area contributed by atoms with E-state index >= 15 is 0 Å². The van der Waals surface area contributed by atoms with Gasteiger partial charge in [-0.05, 0) is 53.4 Å². The van der Waals surface area contributed by atoms with E-state index < -0.39 is 5.91 Å². The Morgan fingerprint density at radius 1 is 0.967 bits per heavy atom. The van der Waals surface area contributed by atoms with Gasteiger partial charge in [0.1, 0.15) is 11.5 Å². The van der Waals surface area contributed by atoms with Crippen molar-refractivity contribution in [3.8, 4) is 0 Å². The molecule has 5 nitrogen and oxygen atoms in total. The lowest BCUT2D eigenvalue weighted by Gasteiger charge is -2.14. The quantitative estimate of drug-likeness (QED) is 0.538. The molecule has 0 bridgehead atoms. The van der Waals surface area contributed by atoms with Gasteiger partial charge in [0.2, 0.25) is 0 Å². The van der Waals surface area contributed by atoms with E-state index in [1.807, 2.05) is 24.3 Å². The maximum absolute atomic E-state index is 13.2. The standard InChI is InChI=1S/C24H21ClN2O3/c1-15(2)16-7-11-19(12-8-16)26-22-21(17-5-9-18(25)10-6-17)23(28)27(24(22)29)14-20-4-3-13-30-20/h3-13,15,26H,14H2,1-2H3. The van der Waals surface area contributed by atoms with Gasteiger partial charge >= 0.3 is 0 Å². The minimum absolute atomic E-state index is 0.0687. The molecule has 30 heavy (non-hydrogen) atoms. The molecule has 0 atom stereocenters. The zero-order valence-corrected chi connectivity index (χ0v) is 17.4. The largest absolute Gasteiger partial charge is 0.467 e. The first kappa shape index (κ1) is 20.0. The van der Waals surface area contributed by atoms with E-state index in [0.717, 1.165) is 5.69 Å². The molecule has 0 unspecified atom stereocenters. The molecule has 1 aromatic heterocycles. The predicted molar refractivity (Wildman–Crippen MR) is 117 cm³/mol. The fourth-order valence-electron chi connectivity index (χ4n) is 3.37. The van der Waals surface area contributed by atoms with E-state index in [1.165, 1.54) is 16.7 Å². The van der Waals surface area contributed by atoms with Crippen molar-refractivity contribution in [3.63, 3.8) is 0 Å². The summed E-state index contributed by atoms with van der Waals surface area (Å²) in [5, 5.41) is 3.72. The highest BCUT2D eigenvalue weighted by molar-refractivity contribution is 6.36. The van der Waals surface area contributed by atoms with E-state index in [-0.39, 0.29) is 18.1 Å². The molecule has 6 heteroatoms. The molecule has 1 aliphatic rings. The van der Waals surface area contributed by atoms with E-state index in [4.69, 9.17) is 16.0 Å². The Kier molecular flexibility index (Phi) is 5.46.